The molecule has 1 aromatic rings. The average Bonchev–Trinajstić information content (AvgIpc) is 2.39. The number of carbonyl (C=O) groups is 1. The molecule has 0 radical (unpaired) electrons. The van der Waals surface area contributed by atoms with Gasteiger partial charge in [-0.15, -0.1) is 0 Å². The van der Waals surface area contributed by atoms with E-state index in [2.05, 4.69) is 25.3 Å². The number of rotatable bonds is 8. The van der Waals surface area contributed by atoms with Crippen molar-refractivity contribution in [1.29, 1.82) is 0 Å². The summed E-state index contributed by atoms with van der Waals surface area (Å²) in [6, 6.07) is 1.79. The van der Waals surface area contributed by atoms with Gasteiger partial charge in [-0.1, -0.05) is 0 Å². The van der Waals surface area contributed by atoms with Crippen LogP contribution in [-0.4, -0.2) is 43.2 Å². The zero-order chi connectivity index (χ0) is 14.1. The van der Waals surface area contributed by atoms with Crippen LogP contribution < -0.4 is 10.6 Å². The predicted molar refractivity (Wildman–Crippen MR) is 72.0 cm³/mol. The highest BCUT2D eigenvalue weighted by Gasteiger charge is 2.05. The van der Waals surface area contributed by atoms with Gasteiger partial charge < -0.3 is 20.1 Å². The molecular weight excluding hydrogens is 248 g/mol. The second kappa shape index (κ2) is 8.25. The topological polar surface area (TPSA) is 85.4 Å². The number of aromatic nitrogens is 2. The summed E-state index contributed by atoms with van der Waals surface area (Å²) in [7, 11) is 2.96. The molecule has 0 atom stereocenters. The van der Waals surface area contributed by atoms with Crippen molar-refractivity contribution in [1.82, 2.24) is 9.97 Å². The molecule has 0 aliphatic rings. The number of methoxy groups -OCH3 is 2. The first kappa shape index (κ1) is 15.2. The molecule has 0 unspecified atom stereocenters. The lowest BCUT2D eigenvalue weighted by molar-refractivity contribution is -0.140. The maximum absolute atomic E-state index is 11.0. The Labute approximate surface area is 112 Å². The van der Waals surface area contributed by atoms with E-state index >= 15 is 0 Å². The number of ether oxygens (including phenoxy) is 2. The fourth-order valence-electron chi connectivity index (χ4n) is 1.45. The summed E-state index contributed by atoms with van der Waals surface area (Å²) in [6.45, 7) is 3.56. The Hall–Kier alpha value is -1.89. The van der Waals surface area contributed by atoms with Crippen molar-refractivity contribution in [3.05, 3.63) is 11.9 Å². The average molecular weight is 268 g/mol. The molecule has 0 spiro atoms. The van der Waals surface area contributed by atoms with Gasteiger partial charge in [-0.25, -0.2) is 9.97 Å². The van der Waals surface area contributed by atoms with Crippen LogP contribution in [0.2, 0.25) is 0 Å². The van der Waals surface area contributed by atoms with Crippen LogP contribution in [0.4, 0.5) is 11.6 Å². The monoisotopic (exact) mass is 268 g/mol. The third-order valence-electron chi connectivity index (χ3n) is 2.27. The Bertz CT molecular complexity index is 388. The first-order valence-corrected chi connectivity index (χ1v) is 6.11. The van der Waals surface area contributed by atoms with Crippen molar-refractivity contribution < 1.29 is 14.3 Å². The van der Waals surface area contributed by atoms with Crippen LogP contribution in [0, 0.1) is 0 Å². The molecule has 1 aromatic heterocycles. The Balaban J connectivity index is 2.66. The minimum atomic E-state index is -0.259. The third kappa shape index (κ3) is 5.52. The van der Waals surface area contributed by atoms with E-state index in [0.29, 0.717) is 24.8 Å². The fourth-order valence-corrected chi connectivity index (χ4v) is 1.45. The molecule has 0 fully saturated rings. The number of esters is 1. The van der Waals surface area contributed by atoms with E-state index in [1.807, 2.05) is 6.92 Å². The zero-order valence-corrected chi connectivity index (χ0v) is 11.5. The van der Waals surface area contributed by atoms with Crippen molar-refractivity contribution in [3.8, 4) is 0 Å². The quantitative estimate of drug-likeness (QED) is 0.681. The highest BCUT2D eigenvalue weighted by atomic mass is 16.5. The van der Waals surface area contributed by atoms with Crippen LogP contribution in [0.15, 0.2) is 6.07 Å². The van der Waals surface area contributed by atoms with Gasteiger partial charge in [0.2, 0.25) is 0 Å². The van der Waals surface area contributed by atoms with Crippen LogP contribution in [0.5, 0.6) is 0 Å². The van der Waals surface area contributed by atoms with E-state index < -0.39 is 0 Å². The molecule has 0 aliphatic heterocycles. The van der Waals surface area contributed by atoms with Gasteiger partial charge in [-0.2, -0.15) is 0 Å². The molecule has 1 rings (SSSR count). The summed E-state index contributed by atoms with van der Waals surface area (Å²) in [6.07, 6.45) is 0.288. The number of hydrogen-bond donors (Lipinski definition) is 2. The number of hydrogen-bond acceptors (Lipinski definition) is 7. The van der Waals surface area contributed by atoms with Crippen molar-refractivity contribution in [2.45, 2.75) is 20.0 Å². The van der Waals surface area contributed by atoms with Crippen molar-refractivity contribution in [2.24, 2.45) is 0 Å². The van der Waals surface area contributed by atoms with Crippen LogP contribution in [0.1, 0.15) is 19.2 Å². The van der Waals surface area contributed by atoms with E-state index in [4.69, 9.17) is 4.74 Å². The SMILES string of the molecule is CCNc1cc(NCCC(=O)OC)nc(COC)n1. The number of carbonyl (C=O) groups excluding carboxylic acids is 1. The van der Waals surface area contributed by atoms with Gasteiger partial charge in [0, 0.05) is 26.3 Å². The largest absolute Gasteiger partial charge is 0.469 e. The van der Waals surface area contributed by atoms with E-state index in [0.717, 1.165) is 12.4 Å². The second-order valence-corrected chi connectivity index (χ2v) is 3.77. The first-order valence-electron chi connectivity index (χ1n) is 6.11. The van der Waals surface area contributed by atoms with E-state index in [9.17, 15) is 4.79 Å². The van der Waals surface area contributed by atoms with Crippen LogP contribution in [0.25, 0.3) is 0 Å². The Morgan fingerprint density at radius 1 is 1.26 bits per heavy atom. The Morgan fingerprint density at radius 3 is 2.53 bits per heavy atom. The molecule has 0 amide bonds. The van der Waals surface area contributed by atoms with Gasteiger partial charge >= 0.3 is 5.97 Å². The van der Waals surface area contributed by atoms with Gasteiger partial charge in [0.25, 0.3) is 0 Å². The fraction of sp³-hybridized carbons (Fsp3) is 0.583. The predicted octanol–water partition coefficient (Wildman–Crippen LogP) is 1.03. The lowest BCUT2D eigenvalue weighted by Gasteiger charge is -2.10. The van der Waals surface area contributed by atoms with E-state index in [1.165, 1.54) is 7.11 Å². The summed E-state index contributed by atoms with van der Waals surface area (Å²) in [5.74, 6) is 1.71. The minimum Gasteiger partial charge on any atom is -0.469 e. The van der Waals surface area contributed by atoms with E-state index in [-0.39, 0.29) is 12.4 Å². The minimum absolute atomic E-state index is 0.259. The first-order chi connectivity index (χ1) is 9.19. The maximum atomic E-state index is 11.0. The lowest BCUT2D eigenvalue weighted by Crippen LogP contribution is -2.12. The van der Waals surface area contributed by atoms with Crippen LogP contribution in [-0.2, 0) is 20.9 Å². The van der Waals surface area contributed by atoms with Gasteiger partial charge in [0.15, 0.2) is 5.82 Å². The Kier molecular flexibility index (Phi) is 6.59. The summed E-state index contributed by atoms with van der Waals surface area (Å²) in [4.78, 5) is 19.6. The third-order valence-corrected chi connectivity index (χ3v) is 2.27. The van der Waals surface area contributed by atoms with Crippen molar-refractivity contribution in [2.75, 3.05) is 37.9 Å². The van der Waals surface area contributed by atoms with Gasteiger partial charge in [-0.3, -0.25) is 4.79 Å². The molecule has 7 nitrogen and oxygen atoms in total. The highest BCUT2D eigenvalue weighted by molar-refractivity contribution is 5.69. The zero-order valence-electron chi connectivity index (χ0n) is 11.5. The van der Waals surface area contributed by atoms with Crippen molar-refractivity contribution >= 4 is 17.6 Å². The molecule has 0 aromatic carbocycles. The number of anilines is 2. The normalized spacial score (nSPS) is 10.1. The standard InChI is InChI=1S/C12H20N4O3/c1-4-13-9-7-10(14-6-5-12(17)19-3)16-11(15-9)8-18-2/h7H,4-6,8H2,1-3H3,(H2,13,14,15,16). The molecule has 0 saturated heterocycles. The summed E-state index contributed by atoms with van der Waals surface area (Å²) in [5, 5.41) is 6.18. The number of nitrogens with zero attached hydrogens (tertiary/aromatic N) is 2. The molecule has 1 heterocycles. The molecule has 7 heteroatoms. The van der Waals surface area contributed by atoms with Crippen molar-refractivity contribution in [3.63, 3.8) is 0 Å². The lowest BCUT2D eigenvalue weighted by atomic mass is 10.4. The molecule has 106 valence electrons. The summed E-state index contributed by atoms with van der Waals surface area (Å²) < 4.78 is 9.59. The molecular formula is C12H20N4O3. The van der Waals surface area contributed by atoms with Gasteiger partial charge in [-0.05, 0) is 6.92 Å². The number of nitrogens with one attached hydrogen (secondary N) is 2. The Morgan fingerprint density at radius 2 is 1.95 bits per heavy atom. The molecule has 0 bridgehead atoms. The smallest absolute Gasteiger partial charge is 0.307 e. The maximum Gasteiger partial charge on any atom is 0.307 e. The molecule has 0 saturated carbocycles. The highest BCUT2D eigenvalue weighted by Crippen LogP contribution is 2.11. The summed E-state index contributed by atoms with van der Waals surface area (Å²) in [5.41, 5.74) is 0. The van der Waals surface area contributed by atoms with Crippen LogP contribution in [0.3, 0.4) is 0 Å². The molecule has 2 N–H and O–H groups in total. The van der Waals surface area contributed by atoms with E-state index in [1.54, 1.807) is 13.2 Å². The van der Waals surface area contributed by atoms with Gasteiger partial charge in [0.05, 0.1) is 13.5 Å². The van der Waals surface area contributed by atoms with Crippen LogP contribution >= 0.6 is 0 Å². The molecule has 0 aliphatic carbocycles. The second-order valence-electron chi connectivity index (χ2n) is 3.77. The molecule has 19 heavy (non-hydrogen) atoms. The van der Waals surface area contributed by atoms with Gasteiger partial charge in [0.1, 0.15) is 18.2 Å². The summed E-state index contributed by atoms with van der Waals surface area (Å²) >= 11 is 0.